The first-order chi connectivity index (χ1) is 8.81. The van der Waals surface area contributed by atoms with E-state index in [2.05, 4.69) is 25.7 Å². The molecule has 1 aliphatic rings. The van der Waals surface area contributed by atoms with E-state index in [1.807, 2.05) is 18.2 Å². The van der Waals surface area contributed by atoms with E-state index < -0.39 is 0 Å². The van der Waals surface area contributed by atoms with Crippen molar-refractivity contribution in [1.82, 2.24) is 4.90 Å². The molecule has 1 aliphatic heterocycles. The average Bonchev–Trinajstić information content (AvgIpc) is 2.35. The van der Waals surface area contributed by atoms with Gasteiger partial charge in [-0.2, -0.15) is 0 Å². The summed E-state index contributed by atoms with van der Waals surface area (Å²) in [6, 6.07) is 6.20. The van der Waals surface area contributed by atoms with Gasteiger partial charge in [0.1, 0.15) is 0 Å². The summed E-state index contributed by atoms with van der Waals surface area (Å²) in [5.74, 6) is 0. The maximum absolute atomic E-state index is 6.30. The molecule has 1 fully saturated rings. The molecule has 0 amide bonds. The second-order valence-corrected chi connectivity index (χ2v) is 7.04. The molecule has 2 unspecified atom stereocenters. The summed E-state index contributed by atoms with van der Waals surface area (Å²) in [6.07, 6.45) is 1.02. The molecule has 1 heterocycles. The first-order valence-corrected chi connectivity index (χ1v) is 7.51. The SMILES string of the molecule is CC(c1cc(Cl)ccc1Cl)N1CCC(N)C(C)(C)C1. The zero-order valence-electron chi connectivity index (χ0n) is 11.8. The maximum atomic E-state index is 6.30. The van der Waals surface area contributed by atoms with Crippen LogP contribution in [0.25, 0.3) is 0 Å². The van der Waals surface area contributed by atoms with Crippen LogP contribution in [0.1, 0.15) is 38.8 Å². The predicted molar refractivity (Wildman–Crippen MR) is 82.8 cm³/mol. The van der Waals surface area contributed by atoms with Crippen LogP contribution in [0.2, 0.25) is 10.0 Å². The lowest BCUT2D eigenvalue weighted by molar-refractivity contribution is 0.0664. The molecule has 2 nitrogen and oxygen atoms in total. The molecule has 0 aromatic heterocycles. The Hall–Kier alpha value is -0.280. The van der Waals surface area contributed by atoms with Crippen molar-refractivity contribution in [3.63, 3.8) is 0 Å². The lowest BCUT2D eigenvalue weighted by Crippen LogP contribution is -2.52. The second kappa shape index (κ2) is 5.61. The van der Waals surface area contributed by atoms with E-state index in [1.54, 1.807) is 0 Å². The number of nitrogens with zero attached hydrogens (tertiary/aromatic N) is 1. The molecule has 0 saturated carbocycles. The van der Waals surface area contributed by atoms with E-state index in [-0.39, 0.29) is 17.5 Å². The molecule has 0 bridgehead atoms. The van der Waals surface area contributed by atoms with E-state index >= 15 is 0 Å². The number of rotatable bonds is 2. The Balaban J connectivity index is 2.20. The fraction of sp³-hybridized carbons (Fsp3) is 0.600. The van der Waals surface area contributed by atoms with E-state index in [0.29, 0.717) is 0 Å². The minimum Gasteiger partial charge on any atom is -0.327 e. The van der Waals surface area contributed by atoms with Gasteiger partial charge in [-0.15, -0.1) is 0 Å². The normalized spacial score (nSPS) is 25.3. The van der Waals surface area contributed by atoms with Crippen molar-refractivity contribution < 1.29 is 0 Å². The summed E-state index contributed by atoms with van der Waals surface area (Å²) in [5, 5.41) is 1.52. The molecule has 19 heavy (non-hydrogen) atoms. The van der Waals surface area contributed by atoms with Gasteiger partial charge in [0.15, 0.2) is 0 Å². The van der Waals surface area contributed by atoms with E-state index in [0.717, 1.165) is 35.1 Å². The fourth-order valence-corrected chi connectivity index (χ4v) is 3.23. The van der Waals surface area contributed by atoms with E-state index in [4.69, 9.17) is 28.9 Å². The first-order valence-electron chi connectivity index (χ1n) is 6.76. The Labute approximate surface area is 125 Å². The first kappa shape index (κ1) is 15.1. The molecule has 106 valence electrons. The quantitative estimate of drug-likeness (QED) is 0.890. The molecule has 2 rings (SSSR count). The van der Waals surface area contributed by atoms with Crippen LogP contribution in [-0.4, -0.2) is 24.0 Å². The topological polar surface area (TPSA) is 29.3 Å². The van der Waals surface area contributed by atoms with E-state index in [9.17, 15) is 0 Å². The van der Waals surface area contributed by atoms with Crippen LogP contribution >= 0.6 is 23.2 Å². The number of halogens is 2. The molecule has 2 N–H and O–H groups in total. The van der Waals surface area contributed by atoms with Gasteiger partial charge in [0.25, 0.3) is 0 Å². The number of piperidine rings is 1. The van der Waals surface area contributed by atoms with Gasteiger partial charge >= 0.3 is 0 Å². The number of hydrogen-bond donors (Lipinski definition) is 1. The largest absolute Gasteiger partial charge is 0.327 e. The van der Waals surface area contributed by atoms with Crippen molar-refractivity contribution in [2.75, 3.05) is 13.1 Å². The summed E-state index contributed by atoms with van der Waals surface area (Å²) in [7, 11) is 0. The van der Waals surface area contributed by atoms with Crippen LogP contribution in [0.5, 0.6) is 0 Å². The highest BCUT2D eigenvalue weighted by Crippen LogP contribution is 2.35. The van der Waals surface area contributed by atoms with Crippen LogP contribution in [0.4, 0.5) is 0 Å². The number of benzene rings is 1. The van der Waals surface area contributed by atoms with Crippen molar-refractivity contribution in [2.24, 2.45) is 11.1 Å². The van der Waals surface area contributed by atoms with Gasteiger partial charge in [-0.3, -0.25) is 4.90 Å². The third-order valence-electron chi connectivity index (χ3n) is 4.30. The number of likely N-dealkylation sites (tertiary alicyclic amines) is 1. The zero-order chi connectivity index (χ0) is 14.2. The highest BCUT2D eigenvalue weighted by atomic mass is 35.5. The van der Waals surface area contributed by atoms with Crippen molar-refractivity contribution in [1.29, 1.82) is 0 Å². The number of hydrogen-bond acceptors (Lipinski definition) is 2. The molecular weight excluding hydrogens is 279 g/mol. The standard InChI is InChI=1S/C15H22Cl2N2/c1-10(12-8-11(16)4-5-13(12)17)19-7-6-14(18)15(2,3)9-19/h4-5,8,10,14H,6-7,9,18H2,1-3H3. The Morgan fingerprint density at radius 2 is 2.05 bits per heavy atom. The average molecular weight is 301 g/mol. The second-order valence-electron chi connectivity index (χ2n) is 6.20. The van der Waals surface area contributed by atoms with Crippen LogP contribution in [-0.2, 0) is 0 Å². The van der Waals surface area contributed by atoms with Gasteiger partial charge in [0, 0.05) is 35.2 Å². The summed E-state index contributed by atoms with van der Waals surface area (Å²) >= 11 is 12.4. The van der Waals surface area contributed by atoms with Crippen LogP contribution in [0.15, 0.2) is 18.2 Å². The predicted octanol–water partition coefficient (Wildman–Crippen LogP) is 4.11. The Bertz CT molecular complexity index is 459. The monoisotopic (exact) mass is 300 g/mol. The van der Waals surface area contributed by atoms with Gasteiger partial charge in [-0.05, 0) is 42.5 Å². The molecular formula is C15H22Cl2N2. The van der Waals surface area contributed by atoms with Crippen LogP contribution in [0, 0.1) is 5.41 Å². The third-order valence-corrected chi connectivity index (χ3v) is 4.88. The van der Waals surface area contributed by atoms with Crippen LogP contribution in [0.3, 0.4) is 0 Å². The van der Waals surface area contributed by atoms with Crippen molar-refractivity contribution in [3.05, 3.63) is 33.8 Å². The Morgan fingerprint density at radius 3 is 2.68 bits per heavy atom. The molecule has 0 spiro atoms. The molecule has 1 saturated heterocycles. The van der Waals surface area contributed by atoms with E-state index in [1.165, 1.54) is 0 Å². The fourth-order valence-electron chi connectivity index (χ4n) is 2.78. The molecule has 0 radical (unpaired) electrons. The highest BCUT2D eigenvalue weighted by Gasteiger charge is 2.35. The summed E-state index contributed by atoms with van der Waals surface area (Å²) in [5.41, 5.74) is 7.43. The number of nitrogens with two attached hydrogens (primary N) is 1. The summed E-state index contributed by atoms with van der Waals surface area (Å²) in [6.45, 7) is 8.64. The minimum atomic E-state index is 0.136. The molecule has 0 aliphatic carbocycles. The lowest BCUT2D eigenvalue weighted by Gasteiger charge is -2.45. The maximum Gasteiger partial charge on any atom is 0.0454 e. The molecule has 2 atom stereocenters. The summed E-state index contributed by atoms with van der Waals surface area (Å²) < 4.78 is 0. The van der Waals surface area contributed by atoms with Crippen LogP contribution < -0.4 is 5.73 Å². The van der Waals surface area contributed by atoms with Gasteiger partial charge in [-0.25, -0.2) is 0 Å². The van der Waals surface area contributed by atoms with Gasteiger partial charge < -0.3 is 5.73 Å². The lowest BCUT2D eigenvalue weighted by atomic mass is 9.79. The summed E-state index contributed by atoms with van der Waals surface area (Å²) in [4.78, 5) is 2.45. The van der Waals surface area contributed by atoms with Crippen molar-refractivity contribution in [2.45, 2.75) is 39.3 Å². The van der Waals surface area contributed by atoms with Gasteiger partial charge in [0.2, 0.25) is 0 Å². The minimum absolute atomic E-state index is 0.136. The smallest absolute Gasteiger partial charge is 0.0454 e. The highest BCUT2D eigenvalue weighted by molar-refractivity contribution is 6.33. The Morgan fingerprint density at radius 1 is 1.37 bits per heavy atom. The molecule has 1 aromatic rings. The molecule has 4 heteroatoms. The van der Waals surface area contributed by atoms with Gasteiger partial charge in [-0.1, -0.05) is 37.0 Å². The zero-order valence-corrected chi connectivity index (χ0v) is 13.3. The van der Waals surface area contributed by atoms with Gasteiger partial charge in [0.05, 0.1) is 0 Å². The van der Waals surface area contributed by atoms with Crippen molar-refractivity contribution in [3.8, 4) is 0 Å². The third kappa shape index (κ3) is 3.25. The van der Waals surface area contributed by atoms with Crippen molar-refractivity contribution >= 4 is 23.2 Å². The molecule has 1 aromatic carbocycles. The Kier molecular flexibility index (Phi) is 4.46.